The summed E-state index contributed by atoms with van der Waals surface area (Å²) in [4.78, 5) is 27.2. The van der Waals surface area contributed by atoms with Crippen LogP contribution in [0.1, 0.15) is 21.5 Å². The van der Waals surface area contributed by atoms with Gasteiger partial charge in [0.25, 0.3) is 11.6 Å². The van der Waals surface area contributed by atoms with Crippen molar-refractivity contribution in [2.75, 3.05) is 5.32 Å². The highest BCUT2D eigenvalue weighted by molar-refractivity contribution is 7.14. The molecular formula is C18H15N3O3S. The maximum absolute atomic E-state index is 12.3. The average molecular weight is 353 g/mol. The molecular weight excluding hydrogens is 338 g/mol. The van der Waals surface area contributed by atoms with E-state index in [0.717, 1.165) is 16.8 Å². The highest BCUT2D eigenvalue weighted by Gasteiger charge is 2.15. The number of hydrogen-bond acceptors (Lipinski definition) is 5. The Kier molecular flexibility index (Phi) is 4.58. The third kappa shape index (κ3) is 3.56. The summed E-state index contributed by atoms with van der Waals surface area (Å²) in [6, 6.07) is 12.2. The molecule has 1 aromatic heterocycles. The molecule has 25 heavy (non-hydrogen) atoms. The summed E-state index contributed by atoms with van der Waals surface area (Å²) in [5.74, 6) is -0.344. The number of rotatable bonds is 4. The number of nitrogens with zero attached hydrogens (tertiary/aromatic N) is 2. The molecule has 1 N–H and O–H groups in total. The van der Waals surface area contributed by atoms with Gasteiger partial charge in [-0.15, -0.1) is 11.3 Å². The lowest BCUT2D eigenvalue weighted by molar-refractivity contribution is -0.385. The van der Waals surface area contributed by atoms with Crippen LogP contribution in [0.3, 0.4) is 0 Å². The summed E-state index contributed by atoms with van der Waals surface area (Å²) in [5, 5.41) is 16.0. The summed E-state index contributed by atoms with van der Waals surface area (Å²) in [6.45, 7) is 3.61. The second kappa shape index (κ2) is 6.82. The zero-order valence-corrected chi connectivity index (χ0v) is 14.5. The first-order chi connectivity index (χ1) is 12.0. The predicted octanol–water partition coefficient (Wildman–Crippen LogP) is 4.59. The zero-order chi connectivity index (χ0) is 18.0. The molecule has 0 fully saturated rings. The number of thiazole rings is 1. The Bertz CT molecular complexity index is 966. The Balaban J connectivity index is 1.79. The summed E-state index contributed by atoms with van der Waals surface area (Å²) in [7, 11) is 0. The van der Waals surface area contributed by atoms with Gasteiger partial charge < -0.3 is 0 Å². The van der Waals surface area contributed by atoms with Crippen molar-refractivity contribution in [2.24, 2.45) is 0 Å². The molecule has 0 unspecified atom stereocenters. The fourth-order valence-corrected chi connectivity index (χ4v) is 3.19. The number of nitro groups is 1. The Hall–Kier alpha value is -3.06. The second-order valence-electron chi connectivity index (χ2n) is 5.57. The van der Waals surface area contributed by atoms with Gasteiger partial charge in [0.1, 0.15) is 0 Å². The van der Waals surface area contributed by atoms with Crippen LogP contribution in [0.4, 0.5) is 10.8 Å². The molecule has 1 amide bonds. The smallest absolute Gasteiger partial charge is 0.272 e. The van der Waals surface area contributed by atoms with Crippen LogP contribution in [0.5, 0.6) is 0 Å². The van der Waals surface area contributed by atoms with Crippen LogP contribution < -0.4 is 5.32 Å². The van der Waals surface area contributed by atoms with E-state index < -0.39 is 4.92 Å². The number of amides is 1. The molecule has 2 aromatic carbocycles. The standard InChI is InChI=1S/C18H15N3O3S/c1-11-5-3-4-6-14(11)15-10-25-18(19-15)20-17(22)13-7-8-16(21(23)24)12(2)9-13/h3-10H,1-2H3,(H,19,20,22). The van der Waals surface area contributed by atoms with Crippen molar-refractivity contribution in [2.45, 2.75) is 13.8 Å². The maximum atomic E-state index is 12.3. The van der Waals surface area contributed by atoms with Gasteiger partial charge in [-0.05, 0) is 31.5 Å². The summed E-state index contributed by atoms with van der Waals surface area (Å²) >= 11 is 1.34. The Morgan fingerprint density at radius 1 is 1.16 bits per heavy atom. The number of hydrogen-bond donors (Lipinski definition) is 1. The van der Waals surface area contributed by atoms with Crippen molar-refractivity contribution < 1.29 is 9.72 Å². The molecule has 6 nitrogen and oxygen atoms in total. The predicted molar refractivity (Wildman–Crippen MR) is 98.1 cm³/mol. The third-order valence-corrected chi connectivity index (χ3v) is 4.56. The van der Waals surface area contributed by atoms with Crippen LogP contribution in [0.25, 0.3) is 11.3 Å². The van der Waals surface area contributed by atoms with Crippen molar-refractivity contribution in [1.82, 2.24) is 4.98 Å². The van der Waals surface area contributed by atoms with Crippen LogP contribution in [0, 0.1) is 24.0 Å². The number of carbonyl (C=O) groups is 1. The van der Waals surface area contributed by atoms with E-state index in [1.54, 1.807) is 6.92 Å². The van der Waals surface area contributed by atoms with E-state index >= 15 is 0 Å². The topological polar surface area (TPSA) is 85.1 Å². The molecule has 0 saturated carbocycles. The molecule has 0 aliphatic rings. The molecule has 126 valence electrons. The van der Waals surface area contributed by atoms with E-state index in [2.05, 4.69) is 10.3 Å². The minimum Gasteiger partial charge on any atom is -0.298 e. The zero-order valence-electron chi connectivity index (χ0n) is 13.6. The minimum atomic E-state index is -0.466. The first-order valence-electron chi connectivity index (χ1n) is 7.53. The number of benzene rings is 2. The van der Waals surface area contributed by atoms with Gasteiger partial charge in [-0.25, -0.2) is 4.98 Å². The van der Waals surface area contributed by atoms with Gasteiger partial charge in [-0.1, -0.05) is 24.3 Å². The molecule has 0 bridgehead atoms. The van der Waals surface area contributed by atoms with Gasteiger partial charge in [0, 0.05) is 28.1 Å². The quantitative estimate of drug-likeness (QED) is 0.549. The second-order valence-corrected chi connectivity index (χ2v) is 6.42. The average Bonchev–Trinajstić information content (AvgIpc) is 3.03. The fraction of sp³-hybridized carbons (Fsp3) is 0.111. The molecule has 3 rings (SSSR count). The lowest BCUT2D eigenvalue weighted by Crippen LogP contribution is -2.12. The van der Waals surface area contributed by atoms with E-state index in [1.807, 2.05) is 36.6 Å². The minimum absolute atomic E-state index is 0.00682. The molecule has 0 aliphatic heterocycles. The van der Waals surface area contributed by atoms with Crippen LogP contribution in [0.15, 0.2) is 47.8 Å². The Morgan fingerprint density at radius 3 is 2.60 bits per heavy atom. The van der Waals surface area contributed by atoms with Gasteiger partial charge >= 0.3 is 0 Å². The van der Waals surface area contributed by atoms with E-state index in [1.165, 1.54) is 29.5 Å². The third-order valence-electron chi connectivity index (χ3n) is 3.80. The molecule has 0 radical (unpaired) electrons. The highest BCUT2D eigenvalue weighted by Crippen LogP contribution is 2.27. The van der Waals surface area contributed by atoms with Gasteiger partial charge in [-0.3, -0.25) is 20.2 Å². The number of nitro benzene ring substituents is 1. The lowest BCUT2D eigenvalue weighted by atomic mass is 10.1. The number of nitrogens with one attached hydrogen (secondary N) is 1. The molecule has 1 heterocycles. The van der Waals surface area contributed by atoms with Crippen molar-refractivity contribution >= 4 is 28.1 Å². The number of anilines is 1. The largest absolute Gasteiger partial charge is 0.298 e. The number of carbonyl (C=O) groups excluding carboxylic acids is 1. The fourth-order valence-electron chi connectivity index (χ4n) is 2.49. The SMILES string of the molecule is Cc1ccccc1-c1csc(NC(=O)c2ccc([N+](=O)[O-])c(C)c2)n1. The first kappa shape index (κ1) is 16.8. The summed E-state index contributed by atoms with van der Waals surface area (Å²) in [6.07, 6.45) is 0. The van der Waals surface area contributed by atoms with Crippen LogP contribution in [-0.2, 0) is 0 Å². The monoisotopic (exact) mass is 353 g/mol. The Labute approximate surface area is 148 Å². The molecule has 7 heteroatoms. The van der Waals surface area contributed by atoms with Gasteiger partial charge in [0.2, 0.25) is 0 Å². The summed E-state index contributed by atoms with van der Waals surface area (Å²) in [5.41, 5.74) is 3.72. The van der Waals surface area contributed by atoms with Crippen molar-refractivity contribution in [3.05, 3.63) is 74.6 Å². The van der Waals surface area contributed by atoms with Crippen molar-refractivity contribution in [1.29, 1.82) is 0 Å². The highest BCUT2D eigenvalue weighted by atomic mass is 32.1. The number of aryl methyl sites for hydroxylation is 2. The van der Waals surface area contributed by atoms with E-state index in [9.17, 15) is 14.9 Å². The van der Waals surface area contributed by atoms with Crippen molar-refractivity contribution in [3.63, 3.8) is 0 Å². The van der Waals surface area contributed by atoms with Gasteiger partial charge in [0.15, 0.2) is 5.13 Å². The van der Waals surface area contributed by atoms with Crippen LogP contribution in [-0.4, -0.2) is 15.8 Å². The maximum Gasteiger partial charge on any atom is 0.272 e. The molecule has 0 spiro atoms. The van der Waals surface area contributed by atoms with Crippen LogP contribution >= 0.6 is 11.3 Å². The molecule has 0 atom stereocenters. The molecule has 3 aromatic rings. The first-order valence-corrected chi connectivity index (χ1v) is 8.41. The van der Waals surface area contributed by atoms with Crippen molar-refractivity contribution in [3.8, 4) is 11.3 Å². The van der Waals surface area contributed by atoms with Gasteiger partial charge in [0.05, 0.1) is 10.6 Å². The number of aromatic nitrogens is 1. The van der Waals surface area contributed by atoms with Gasteiger partial charge in [-0.2, -0.15) is 0 Å². The van der Waals surface area contributed by atoms with E-state index in [4.69, 9.17) is 0 Å². The molecule has 0 aliphatic carbocycles. The normalized spacial score (nSPS) is 10.5. The lowest BCUT2D eigenvalue weighted by Gasteiger charge is -2.04. The molecule has 0 saturated heterocycles. The van der Waals surface area contributed by atoms with E-state index in [0.29, 0.717) is 16.3 Å². The van der Waals surface area contributed by atoms with Crippen LogP contribution in [0.2, 0.25) is 0 Å². The summed E-state index contributed by atoms with van der Waals surface area (Å²) < 4.78 is 0. The Morgan fingerprint density at radius 2 is 1.92 bits per heavy atom. The van der Waals surface area contributed by atoms with E-state index in [-0.39, 0.29) is 11.6 Å².